The fourth-order valence-corrected chi connectivity index (χ4v) is 2.47. The van der Waals surface area contributed by atoms with Gasteiger partial charge in [-0.05, 0) is 0 Å². The van der Waals surface area contributed by atoms with Crippen LogP contribution in [0.2, 0.25) is 0 Å². The predicted octanol–water partition coefficient (Wildman–Crippen LogP) is -0.549. The van der Waals surface area contributed by atoms with Gasteiger partial charge in [0.15, 0.2) is 5.76 Å². The van der Waals surface area contributed by atoms with Crippen LogP contribution in [0.3, 0.4) is 0 Å². The molecule has 0 atom stereocenters. The minimum Gasteiger partial charge on any atom is -0.359 e. The summed E-state index contributed by atoms with van der Waals surface area (Å²) in [4.78, 5) is 0. The molecule has 0 aliphatic carbocycles. The average molecular weight is 231 g/mol. The van der Waals surface area contributed by atoms with Crippen molar-refractivity contribution >= 4 is 10.0 Å². The van der Waals surface area contributed by atoms with Crippen molar-refractivity contribution in [2.75, 3.05) is 12.8 Å². The molecule has 0 saturated heterocycles. The van der Waals surface area contributed by atoms with Gasteiger partial charge in [-0.1, -0.05) is 5.16 Å². The Kier molecular flexibility index (Phi) is 2.53. The van der Waals surface area contributed by atoms with E-state index in [2.05, 4.69) is 5.16 Å². The number of nitrogens with two attached hydrogens (primary N) is 1. The molecule has 0 aromatic carbocycles. The quantitative estimate of drug-likeness (QED) is 0.737. The minimum atomic E-state index is -3.15. The topological polar surface area (TPSA) is 89.4 Å². The minimum absolute atomic E-state index is 0.250. The molecule has 0 saturated carbocycles. The van der Waals surface area contributed by atoms with Crippen molar-refractivity contribution in [1.82, 2.24) is 9.46 Å². The summed E-state index contributed by atoms with van der Waals surface area (Å²) >= 11 is 0. The van der Waals surface area contributed by atoms with Crippen LogP contribution in [0.15, 0.2) is 4.52 Å². The van der Waals surface area contributed by atoms with Crippen molar-refractivity contribution < 1.29 is 12.9 Å². The van der Waals surface area contributed by atoms with Crippen LogP contribution in [-0.2, 0) is 29.5 Å². The van der Waals surface area contributed by atoms with Gasteiger partial charge < -0.3 is 10.3 Å². The van der Waals surface area contributed by atoms with E-state index in [9.17, 15) is 8.42 Å². The number of rotatable bonds is 2. The summed E-state index contributed by atoms with van der Waals surface area (Å²) in [7, 11) is -3.15. The van der Waals surface area contributed by atoms with Gasteiger partial charge in [-0.25, -0.2) is 8.42 Å². The summed E-state index contributed by atoms with van der Waals surface area (Å²) in [5, 5.41) is 3.87. The van der Waals surface area contributed by atoms with Crippen LogP contribution in [0.1, 0.15) is 17.0 Å². The predicted molar refractivity (Wildman–Crippen MR) is 53.4 cm³/mol. The smallest absolute Gasteiger partial charge is 0.211 e. The molecule has 0 amide bonds. The maximum Gasteiger partial charge on any atom is 0.211 e. The summed E-state index contributed by atoms with van der Waals surface area (Å²) in [5.74, 6) is 0.582. The zero-order valence-corrected chi connectivity index (χ0v) is 9.25. The first-order valence-electron chi connectivity index (χ1n) is 4.64. The van der Waals surface area contributed by atoms with Gasteiger partial charge in [-0.15, -0.1) is 0 Å². The Labute approximate surface area is 88.1 Å². The number of hydrogen-bond acceptors (Lipinski definition) is 5. The van der Waals surface area contributed by atoms with E-state index in [1.807, 2.05) is 0 Å². The lowest BCUT2D eigenvalue weighted by atomic mass is 10.1. The van der Waals surface area contributed by atoms with Crippen molar-refractivity contribution in [3.63, 3.8) is 0 Å². The second-order valence-corrected chi connectivity index (χ2v) is 5.56. The highest BCUT2D eigenvalue weighted by molar-refractivity contribution is 7.88. The lowest BCUT2D eigenvalue weighted by Crippen LogP contribution is -2.35. The summed E-state index contributed by atoms with van der Waals surface area (Å²) in [6.45, 7) is 1.03. The first-order valence-corrected chi connectivity index (χ1v) is 6.48. The van der Waals surface area contributed by atoms with E-state index >= 15 is 0 Å². The maximum atomic E-state index is 11.4. The monoisotopic (exact) mass is 231 g/mol. The van der Waals surface area contributed by atoms with Crippen molar-refractivity contribution in [2.24, 2.45) is 5.73 Å². The van der Waals surface area contributed by atoms with Gasteiger partial charge in [0, 0.05) is 25.1 Å². The van der Waals surface area contributed by atoms with Crippen LogP contribution < -0.4 is 5.73 Å². The molecule has 1 aliphatic heterocycles. The first kappa shape index (κ1) is 10.6. The Balaban J connectivity index is 2.32. The lowest BCUT2D eigenvalue weighted by molar-refractivity contribution is 0.378. The number of aromatic nitrogens is 1. The molecule has 1 aromatic heterocycles. The van der Waals surface area contributed by atoms with Crippen LogP contribution >= 0.6 is 0 Å². The van der Waals surface area contributed by atoms with Gasteiger partial charge in [0.25, 0.3) is 0 Å². The normalized spacial score (nSPS) is 17.7. The van der Waals surface area contributed by atoms with Gasteiger partial charge >= 0.3 is 0 Å². The average Bonchev–Trinajstić information content (AvgIpc) is 2.57. The summed E-state index contributed by atoms with van der Waals surface area (Å²) in [6, 6.07) is 0. The molecule has 0 unspecified atom stereocenters. The molecule has 1 aromatic rings. The standard InChI is InChI=1S/C8H13N3O3S/c1-15(12,13)11-3-2-7-6(5-11)8(4-9)14-10-7/h2-5,9H2,1H3. The molecule has 2 heterocycles. The Bertz CT molecular complexity index is 452. The van der Waals surface area contributed by atoms with E-state index in [4.69, 9.17) is 10.3 Å². The summed E-state index contributed by atoms with van der Waals surface area (Å²) in [5.41, 5.74) is 7.13. The van der Waals surface area contributed by atoms with Crippen molar-refractivity contribution in [2.45, 2.75) is 19.5 Å². The Hall–Kier alpha value is -0.920. The second-order valence-electron chi connectivity index (χ2n) is 3.58. The van der Waals surface area contributed by atoms with Crippen molar-refractivity contribution in [1.29, 1.82) is 0 Å². The van der Waals surface area contributed by atoms with E-state index in [-0.39, 0.29) is 6.54 Å². The SMILES string of the molecule is CS(=O)(=O)N1CCc2noc(CN)c2C1. The molecule has 0 fully saturated rings. The van der Waals surface area contributed by atoms with E-state index < -0.39 is 10.0 Å². The zero-order chi connectivity index (χ0) is 11.1. The molecule has 15 heavy (non-hydrogen) atoms. The third kappa shape index (κ3) is 1.90. The highest BCUT2D eigenvalue weighted by atomic mass is 32.2. The fourth-order valence-electron chi connectivity index (χ4n) is 1.69. The molecule has 0 bridgehead atoms. The molecule has 0 radical (unpaired) electrons. The van der Waals surface area contributed by atoms with E-state index in [1.165, 1.54) is 10.6 Å². The van der Waals surface area contributed by atoms with Crippen LogP contribution in [0, 0.1) is 0 Å². The van der Waals surface area contributed by atoms with E-state index in [1.54, 1.807) is 0 Å². The number of sulfonamides is 1. The third-order valence-corrected chi connectivity index (χ3v) is 3.79. The molecule has 6 nitrogen and oxygen atoms in total. The molecule has 0 spiro atoms. The molecule has 2 rings (SSSR count). The number of nitrogens with zero attached hydrogens (tertiary/aromatic N) is 2. The van der Waals surface area contributed by atoms with Crippen molar-refractivity contribution in [3.05, 3.63) is 17.0 Å². The Morgan fingerprint density at radius 1 is 1.60 bits per heavy atom. The molecule has 2 N–H and O–H groups in total. The van der Waals surface area contributed by atoms with E-state index in [0.29, 0.717) is 25.3 Å². The maximum absolute atomic E-state index is 11.4. The van der Waals surface area contributed by atoms with Gasteiger partial charge in [0.05, 0.1) is 18.5 Å². The molecular weight excluding hydrogens is 218 g/mol. The highest BCUT2D eigenvalue weighted by Gasteiger charge is 2.27. The van der Waals surface area contributed by atoms with Crippen molar-refractivity contribution in [3.8, 4) is 0 Å². The summed E-state index contributed by atoms with van der Waals surface area (Å²) in [6.07, 6.45) is 1.79. The van der Waals surface area contributed by atoms with E-state index in [0.717, 1.165) is 11.3 Å². The number of hydrogen-bond donors (Lipinski definition) is 1. The third-order valence-electron chi connectivity index (χ3n) is 2.54. The second kappa shape index (κ2) is 3.58. The first-order chi connectivity index (χ1) is 7.02. The Morgan fingerprint density at radius 3 is 2.93 bits per heavy atom. The molecule has 7 heteroatoms. The molecule has 84 valence electrons. The highest BCUT2D eigenvalue weighted by Crippen LogP contribution is 2.23. The van der Waals surface area contributed by atoms with Crippen LogP contribution in [0.25, 0.3) is 0 Å². The Morgan fingerprint density at radius 2 is 2.33 bits per heavy atom. The van der Waals surface area contributed by atoms with Gasteiger partial charge in [0.2, 0.25) is 10.0 Å². The van der Waals surface area contributed by atoms with Crippen LogP contribution in [-0.4, -0.2) is 30.7 Å². The van der Waals surface area contributed by atoms with Crippen LogP contribution in [0.5, 0.6) is 0 Å². The lowest BCUT2D eigenvalue weighted by Gasteiger charge is -2.23. The fraction of sp³-hybridized carbons (Fsp3) is 0.625. The molecule has 1 aliphatic rings. The molecular formula is C8H13N3O3S. The van der Waals surface area contributed by atoms with Gasteiger partial charge in [0.1, 0.15) is 0 Å². The largest absolute Gasteiger partial charge is 0.359 e. The van der Waals surface area contributed by atoms with Crippen LogP contribution in [0.4, 0.5) is 0 Å². The number of fused-ring (bicyclic) bond motifs is 1. The summed E-state index contributed by atoms with van der Waals surface area (Å²) < 4.78 is 29.2. The zero-order valence-electron chi connectivity index (χ0n) is 8.43. The van der Waals surface area contributed by atoms with Gasteiger partial charge in [-0.3, -0.25) is 0 Å². The van der Waals surface area contributed by atoms with Gasteiger partial charge in [-0.2, -0.15) is 4.31 Å².